The van der Waals surface area contributed by atoms with Crippen molar-refractivity contribution >= 4 is 11.8 Å². The molecule has 0 aliphatic rings. The number of benzene rings is 2. The number of hydrogen-bond acceptors (Lipinski definition) is 3. The Bertz CT molecular complexity index is 881. The molecule has 6 nitrogen and oxygen atoms in total. The molecule has 0 aromatic heterocycles. The monoisotopic (exact) mass is 506 g/mol. The Morgan fingerprint density at radius 1 is 0.457 bits per heavy atom. The fourth-order valence-corrected chi connectivity index (χ4v) is 5.31. The Labute approximate surface area is 218 Å². The second-order valence-corrected chi connectivity index (χ2v) is 15.2. The van der Waals surface area contributed by atoms with Crippen molar-refractivity contribution in [2.24, 2.45) is 0 Å². The lowest BCUT2D eigenvalue weighted by Gasteiger charge is -2.28. The van der Waals surface area contributed by atoms with Gasteiger partial charge >= 0.3 is 0 Å². The van der Waals surface area contributed by atoms with Crippen LogP contribution in [0.25, 0.3) is 0 Å². The highest BCUT2D eigenvalue weighted by Gasteiger charge is 2.23. The van der Waals surface area contributed by atoms with Crippen molar-refractivity contribution in [3.63, 3.8) is 0 Å². The molecule has 0 spiro atoms. The molecule has 0 saturated carbocycles. The smallest absolute Gasteiger partial charge is 0.133 e. The predicted octanol–water partition coefficient (Wildman–Crippen LogP) is 4.07. The van der Waals surface area contributed by atoms with Crippen LogP contribution in [0.15, 0.2) is 34.1 Å². The molecule has 0 aliphatic carbocycles. The molecule has 2 aromatic rings. The maximum absolute atomic E-state index is 11.1. The van der Waals surface area contributed by atoms with Crippen LogP contribution in [0.3, 0.4) is 0 Å². The topological polar surface area (TPSA) is 40.5 Å². The van der Waals surface area contributed by atoms with Crippen LogP contribution in [0.2, 0.25) is 0 Å². The van der Waals surface area contributed by atoms with E-state index in [0.29, 0.717) is 11.5 Å². The van der Waals surface area contributed by atoms with Gasteiger partial charge in [-0.1, -0.05) is 11.8 Å². The first-order chi connectivity index (χ1) is 15.6. The standard InChI is InChI=1S/C28H48N4O2S/c1-29(2,3)17-21-13-25(14-22(27(21)33)18-30(4,5)6)35-26-15-23(19-31(7,8)9)28(34)24(16-26)20-32(10,11)12/h13-16H,17-20H2,1-12H3/q+2/p+2. The van der Waals surface area contributed by atoms with Gasteiger partial charge in [-0.3, -0.25) is 0 Å². The molecule has 0 aliphatic heterocycles. The van der Waals surface area contributed by atoms with Crippen LogP contribution in [-0.4, -0.2) is 113 Å². The van der Waals surface area contributed by atoms with Crippen molar-refractivity contribution in [2.75, 3.05) is 84.6 Å². The lowest BCUT2D eigenvalue weighted by molar-refractivity contribution is -0.884. The van der Waals surface area contributed by atoms with E-state index in [2.05, 4.69) is 109 Å². The van der Waals surface area contributed by atoms with Crippen LogP contribution in [0.1, 0.15) is 22.3 Å². The molecule has 0 atom stereocenters. The number of phenolic OH excluding ortho intramolecular Hbond substituents is 2. The van der Waals surface area contributed by atoms with E-state index in [0.717, 1.165) is 76.2 Å². The highest BCUT2D eigenvalue weighted by Crippen LogP contribution is 2.39. The van der Waals surface area contributed by atoms with E-state index in [-0.39, 0.29) is 0 Å². The van der Waals surface area contributed by atoms with Crippen molar-refractivity contribution in [3.8, 4) is 11.5 Å². The zero-order chi connectivity index (χ0) is 27.0. The molecular weight excluding hydrogens is 456 g/mol. The van der Waals surface area contributed by atoms with Gasteiger partial charge in [-0.15, -0.1) is 0 Å². The van der Waals surface area contributed by atoms with Crippen LogP contribution in [0.5, 0.6) is 11.5 Å². The molecule has 0 saturated heterocycles. The minimum Gasteiger partial charge on any atom is -0.507 e. The lowest BCUT2D eigenvalue weighted by Crippen LogP contribution is -2.34. The first-order valence-electron chi connectivity index (χ1n) is 12.2. The molecule has 0 fully saturated rings. The predicted molar refractivity (Wildman–Crippen MR) is 147 cm³/mol. The van der Waals surface area contributed by atoms with Crippen molar-refractivity contribution in [3.05, 3.63) is 46.5 Å². The first kappa shape index (κ1) is 29.5. The number of rotatable bonds is 10. The summed E-state index contributed by atoms with van der Waals surface area (Å²) in [6, 6.07) is 8.53. The third kappa shape index (κ3) is 10.0. The lowest BCUT2D eigenvalue weighted by atomic mass is 10.1. The van der Waals surface area contributed by atoms with Gasteiger partial charge in [-0.05, 0) is 24.3 Å². The minimum atomic E-state index is 0.414. The van der Waals surface area contributed by atoms with Crippen molar-refractivity contribution < 1.29 is 28.1 Å². The largest absolute Gasteiger partial charge is 0.507 e. The van der Waals surface area contributed by atoms with Crippen molar-refractivity contribution in [1.82, 2.24) is 0 Å². The molecule has 0 heterocycles. The van der Waals surface area contributed by atoms with E-state index in [1.54, 1.807) is 11.8 Å². The molecule has 7 heteroatoms. The third-order valence-corrected chi connectivity index (χ3v) is 6.24. The average Bonchev–Trinajstić information content (AvgIpc) is 2.58. The van der Waals surface area contributed by atoms with Crippen molar-refractivity contribution in [1.29, 1.82) is 0 Å². The number of phenols is 2. The Hall–Kier alpha value is -1.77. The summed E-state index contributed by atoms with van der Waals surface area (Å²) in [5.74, 6) is 0.829. The average molecular weight is 507 g/mol. The van der Waals surface area contributed by atoms with E-state index in [4.69, 9.17) is 0 Å². The fourth-order valence-electron chi connectivity index (χ4n) is 4.24. The quantitative estimate of drug-likeness (QED) is 0.477. The van der Waals surface area contributed by atoms with E-state index in [1.807, 2.05) is 0 Å². The zero-order valence-corrected chi connectivity index (χ0v) is 25.0. The van der Waals surface area contributed by atoms with E-state index in [9.17, 15) is 10.2 Å². The molecule has 2 N–H and O–H groups in total. The van der Waals surface area contributed by atoms with Gasteiger partial charge < -0.3 is 28.1 Å². The third-order valence-electron chi connectivity index (χ3n) is 5.30. The Balaban J connectivity index is 2.60. The summed E-state index contributed by atoms with van der Waals surface area (Å²) in [6.45, 7) is 3.00. The maximum Gasteiger partial charge on any atom is 0.133 e. The molecule has 196 valence electrons. The summed E-state index contributed by atoms with van der Waals surface area (Å²) in [7, 11) is 25.7. The molecule has 0 amide bonds. The second-order valence-electron chi connectivity index (χ2n) is 14.1. The molecule has 0 bridgehead atoms. The van der Waals surface area contributed by atoms with Crippen molar-refractivity contribution in [2.45, 2.75) is 36.0 Å². The second kappa shape index (κ2) is 10.3. The molecule has 2 aromatic carbocycles. The van der Waals surface area contributed by atoms with Crippen LogP contribution in [0, 0.1) is 0 Å². The molecule has 35 heavy (non-hydrogen) atoms. The number of nitrogens with zero attached hydrogens (tertiary/aromatic N) is 4. The van der Waals surface area contributed by atoms with E-state index in [1.165, 1.54) is 0 Å². The first-order valence-corrected chi connectivity index (χ1v) is 13.0. The van der Waals surface area contributed by atoms with Gasteiger partial charge in [0.2, 0.25) is 0 Å². The normalized spacial score (nSPS) is 13.4. The van der Waals surface area contributed by atoms with Crippen LogP contribution in [0.4, 0.5) is 0 Å². The van der Waals surface area contributed by atoms with Gasteiger partial charge in [0, 0.05) is 32.0 Å². The molecular formula is C28H50N4O2S+4. The van der Waals surface area contributed by atoms with E-state index >= 15 is 0 Å². The van der Waals surface area contributed by atoms with Crippen LogP contribution >= 0.6 is 11.8 Å². The maximum atomic E-state index is 11.1. The summed E-state index contributed by atoms with van der Waals surface area (Å²) in [6.07, 6.45) is 0. The minimum absolute atomic E-state index is 0.414. The van der Waals surface area contributed by atoms with Gasteiger partial charge in [0.15, 0.2) is 0 Å². The van der Waals surface area contributed by atoms with Gasteiger partial charge in [0.25, 0.3) is 0 Å². The van der Waals surface area contributed by atoms with E-state index < -0.39 is 0 Å². The summed E-state index contributed by atoms with van der Waals surface area (Å²) in [4.78, 5) is 2.24. The number of hydrogen-bond donors (Lipinski definition) is 2. The Morgan fingerprint density at radius 3 is 0.829 bits per heavy atom. The van der Waals surface area contributed by atoms with Crippen LogP contribution in [-0.2, 0) is 26.2 Å². The van der Waals surface area contributed by atoms with Gasteiger partial charge in [0.05, 0.1) is 84.6 Å². The SMILES string of the molecule is C[N+](C)(C)Cc1cc(Sc2cc(C[N+](C)(C)C)c(O)c(C[N+](C)(C)C)c2)cc(C[N+](C)(C)C)c1O. The zero-order valence-electron chi connectivity index (χ0n) is 24.2. The molecule has 0 unspecified atom stereocenters. The van der Waals surface area contributed by atoms with Crippen LogP contribution < -0.4 is 0 Å². The molecule has 2 rings (SSSR count). The molecule has 0 radical (unpaired) electrons. The summed E-state index contributed by atoms with van der Waals surface area (Å²) >= 11 is 1.72. The summed E-state index contributed by atoms with van der Waals surface area (Å²) < 4.78 is 2.97. The van der Waals surface area contributed by atoms with Gasteiger partial charge in [-0.2, -0.15) is 0 Å². The Morgan fingerprint density at radius 2 is 0.657 bits per heavy atom. The van der Waals surface area contributed by atoms with Gasteiger partial charge in [-0.25, -0.2) is 0 Å². The highest BCUT2D eigenvalue weighted by atomic mass is 32.2. The Kier molecular flexibility index (Phi) is 8.67. The number of quaternary nitrogens is 4. The summed E-state index contributed by atoms with van der Waals surface area (Å²) in [5.41, 5.74) is 3.90. The summed E-state index contributed by atoms with van der Waals surface area (Å²) in [5, 5.41) is 22.2. The highest BCUT2D eigenvalue weighted by molar-refractivity contribution is 7.99. The fraction of sp³-hybridized carbons (Fsp3) is 0.571. The van der Waals surface area contributed by atoms with Gasteiger partial charge in [0.1, 0.15) is 37.7 Å². The number of aromatic hydroxyl groups is 2.